The van der Waals surface area contributed by atoms with Crippen molar-refractivity contribution < 1.29 is 22.7 Å². The van der Waals surface area contributed by atoms with E-state index in [9.17, 15) is 18.0 Å². The molecule has 1 unspecified atom stereocenters. The maximum absolute atomic E-state index is 13.0. The lowest BCUT2D eigenvalue weighted by Crippen LogP contribution is -2.38. The molecule has 0 bridgehead atoms. The van der Waals surface area contributed by atoms with E-state index in [1.807, 2.05) is 60.7 Å². The molecule has 0 spiro atoms. The summed E-state index contributed by atoms with van der Waals surface area (Å²) in [6.07, 6.45) is -1.16. The summed E-state index contributed by atoms with van der Waals surface area (Å²) in [5, 5.41) is 2.96. The second-order valence-corrected chi connectivity index (χ2v) is 10.4. The topological polar surface area (TPSA) is 92.8 Å². The number of esters is 1. The minimum atomic E-state index is -3.81. The standard InChI is InChI=1S/C27H29ClN2O5S/c1-4-30(5-2)36(33,34)22-16-17-24(28)23(18-22)27(32)35-19(3)26(31)29-25(20-12-8-6-9-13-20)21-14-10-7-11-15-21/h6-19,25H,4-5H2,1-3H3,(H,29,31). The molecule has 1 N–H and O–H groups in total. The van der Waals surface area contributed by atoms with Gasteiger partial charge < -0.3 is 10.1 Å². The number of sulfonamides is 1. The zero-order valence-electron chi connectivity index (χ0n) is 20.3. The molecule has 0 aliphatic heterocycles. The Labute approximate surface area is 217 Å². The van der Waals surface area contributed by atoms with Crippen molar-refractivity contribution in [3.63, 3.8) is 0 Å². The molecule has 36 heavy (non-hydrogen) atoms. The van der Waals surface area contributed by atoms with E-state index in [4.69, 9.17) is 16.3 Å². The number of amides is 1. The molecule has 9 heteroatoms. The van der Waals surface area contributed by atoms with E-state index in [1.165, 1.54) is 29.4 Å². The quantitative estimate of drug-likeness (QED) is 0.381. The maximum Gasteiger partial charge on any atom is 0.340 e. The van der Waals surface area contributed by atoms with Gasteiger partial charge in [-0.3, -0.25) is 4.79 Å². The van der Waals surface area contributed by atoms with Crippen LogP contribution in [0.15, 0.2) is 83.8 Å². The highest BCUT2D eigenvalue weighted by Crippen LogP contribution is 2.25. The first kappa shape index (κ1) is 27.4. The highest BCUT2D eigenvalue weighted by Gasteiger charge is 2.27. The molecule has 0 aliphatic carbocycles. The summed E-state index contributed by atoms with van der Waals surface area (Å²) >= 11 is 6.19. The van der Waals surface area contributed by atoms with Crippen molar-refractivity contribution in [3.05, 3.63) is 101 Å². The Bertz CT molecular complexity index is 1260. The first-order chi connectivity index (χ1) is 17.2. The zero-order valence-corrected chi connectivity index (χ0v) is 21.9. The number of nitrogens with one attached hydrogen (secondary N) is 1. The molecule has 0 fully saturated rings. The van der Waals surface area contributed by atoms with Crippen LogP contribution in [0.3, 0.4) is 0 Å². The van der Waals surface area contributed by atoms with Crippen molar-refractivity contribution in [3.8, 4) is 0 Å². The van der Waals surface area contributed by atoms with Gasteiger partial charge in [0.25, 0.3) is 5.91 Å². The molecule has 0 aliphatic rings. The summed E-state index contributed by atoms with van der Waals surface area (Å²) in [5.41, 5.74) is 1.60. The molecule has 0 radical (unpaired) electrons. The van der Waals surface area contributed by atoms with Gasteiger partial charge in [-0.2, -0.15) is 4.31 Å². The normalized spacial score (nSPS) is 12.4. The van der Waals surface area contributed by atoms with Gasteiger partial charge in [0.1, 0.15) is 0 Å². The summed E-state index contributed by atoms with van der Waals surface area (Å²) < 4.78 is 32.4. The predicted octanol–water partition coefficient (Wildman–Crippen LogP) is 4.82. The van der Waals surface area contributed by atoms with E-state index in [1.54, 1.807) is 13.8 Å². The fraction of sp³-hybridized carbons (Fsp3) is 0.259. The number of ether oxygens (including phenoxy) is 1. The lowest BCUT2D eigenvalue weighted by atomic mass is 9.98. The van der Waals surface area contributed by atoms with Crippen molar-refractivity contribution in [2.45, 2.75) is 37.8 Å². The van der Waals surface area contributed by atoms with E-state index < -0.39 is 34.0 Å². The number of hydrogen-bond donors (Lipinski definition) is 1. The predicted molar refractivity (Wildman–Crippen MR) is 139 cm³/mol. The molecule has 1 atom stereocenters. The second kappa shape index (κ2) is 12.2. The van der Waals surface area contributed by atoms with Gasteiger partial charge in [-0.15, -0.1) is 0 Å². The Morgan fingerprint density at radius 1 is 0.917 bits per heavy atom. The summed E-state index contributed by atoms with van der Waals surface area (Å²) in [7, 11) is -3.81. The monoisotopic (exact) mass is 528 g/mol. The Morgan fingerprint density at radius 2 is 1.44 bits per heavy atom. The van der Waals surface area contributed by atoms with Crippen LogP contribution < -0.4 is 5.32 Å². The largest absolute Gasteiger partial charge is 0.449 e. The highest BCUT2D eigenvalue weighted by atomic mass is 35.5. The molecule has 0 aromatic heterocycles. The average Bonchev–Trinajstić information content (AvgIpc) is 2.88. The van der Waals surface area contributed by atoms with Crippen molar-refractivity contribution in [1.29, 1.82) is 0 Å². The molecular formula is C27H29ClN2O5S. The third kappa shape index (κ3) is 6.32. The van der Waals surface area contributed by atoms with Crippen LogP contribution >= 0.6 is 11.6 Å². The first-order valence-corrected chi connectivity index (χ1v) is 13.4. The molecule has 1 amide bonds. The van der Waals surface area contributed by atoms with Crippen LogP contribution in [0.4, 0.5) is 0 Å². The average molecular weight is 529 g/mol. The van der Waals surface area contributed by atoms with Crippen LogP contribution in [0.25, 0.3) is 0 Å². The van der Waals surface area contributed by atoms with E-state index in [0.29, 0.717) is 0 Å². The lowest BCUT2D eigenvalue weighted by Gasteiger charge is -2.22. The van der Waals surface area contributed by atoms with Gasteiger partial charge in [0, 0.05) is 13.1 Å². The Hall–Kier alpha value is -3.20. The molecule has 3 rings (SSSR count). The minimum absolute atomic E-state index is 0.0255. The molecule has 3 aromatic carbocycles. The Balaban J connectivity index is 1.80. The smallest absolute Gasteiger partial charge is 0.340 e. The lowest BCUT2D eigenvalue weighted by molar-refractivity contribution is -0.129. The highest BCUT2D eigenvalue weighted by molar-refractivity contribution is 7.89. The van der Waals surface area contributed by atoms with E-state index >= 15 is 0 Å². The third-order valence-corrected chi connectivity index (χ3v) is 8.08. The first-order valence-electron chi connectivity index (χ1n) is 11.6. The molecule has 0 heterocycles. The van der Waals surface area contributed by atoms with Crippen molar-refractivity contribution in [2.24, 2.45) is 0 Å². The van der Waals surface area contributed by atoms with Gasteiger partial charge in [0.2, 0.25) is 10.0 Å². The van der Waals surface area contributed by atoms with E-state index in [2.05, 4.69) is 5.32 Å². The van der Waals surface area contributed by atoms with Gasteiger partial charge in [-0.25, -0.2) is 13.2 Å². The van der Waals surface area contributed by atoms with Crippen molar-refractivity contribution in [2.75, 3.05) is 13.1 Å². The molecule has 0 saturated carbocycles. The molecule has 3 aromatic rings. The number of carbonyl (C=O) groups is 2. The number of hydrogen-bond acceptors (Lipinski definition) is 5. The van der Waals surface area contributed by atoms with Crippen LogP contribution in [0.1, 0.15) is 48.3 Å². The molecule has 0 saturated heterocycles. The van der Waals surface area contributed by atoms with Crippen LogP contribution in [-0.2, 0) is 19.6 Å². The van der Waals surface area contributed by atoms with Crippen molar-refractivity contribution in [1.82, 2.24) is 9.62 Å². The molecule has 190 valence electrons. The summed E-state index contributed by atoms with van der Waals surface area (Å²) in [6.45, 7) is 5.46. The minimum Gasteiger partial charge on any atom is -0.449 e. The van der Waals surface area contributed by atoms with Crippen molar-refractivity contribution >= 4 is 33.5 Å². The van der Waals surface area contributed by atoms with Crippen LogP contribution in [0.5, 0.6) is 0 Å². The van der Waals surface area contributed by atoms with E-state index in [0.717, 1.165) is 11.1 Å². The zero-order chi connectivity index (χ0) is 26.3. The Kier molecular flexibility index (Phi) is 9.25. The SMILES string of the molecule is CCN(CC)S(=O)(=O)c1ccc(Cl)c(C(=O)OC(C)C(=O)NC(c2ccccc2)c2ccccc2)c1. The summed E-state index contributed by atoms with van der Waals surface area (Å²) in [4.78, 5) is 25.8. The number of carbonyl (C=O) groups excluding carboxylic acids is 2. The molecule has 7 nitrogen and oxygen atoms in total. The number of rotatable bonds is 10. The summed E-state index contributed by atoms with van der Waals surface area (Å²) in [5.74, 6) is -1.40. The fourth-order valence-electron chi connectivity index (χ4n) is 3.72. The van der Waals surface area contributed by atoms with Gasteiger partial charge >= 0.3 is 5.97 Å². The van der Waals surface area contributed by atoms with Gasteiger partial charge in [-0.05, 0) is 36.2 Å². The number of halogens is 1. The van der Waals surface area contributed by atoms with E-state index in [-0.39, 0.29) is 28.6 Å². The van der Waals surface area contributed by atoms with Crippen LogP contribution in [0, 0.1) is 0 Å². The maximum atomic E-state index is 13.0. The fourth-order valence-corrected chi connectivity index (χ4v) is 5.40. The van der Waals surface area contributed by atoms with Gasteiger partial charge in [0.15, 0.2) is 6.10 Å². The summed E-state index contributed by atoms with van der Waals surface area (Å²) in [6, 6.07) is 22.3. The van der Waals surface area contributed by atoms with Crippen LogP contribution in [-0.4, -0.2) is 43.8 Å². The van der Waals surface area contributed by atoms with Gasteiger partial charge in [0.05, 0.1) is 21.5 Å². The Morgan fingerprint density at radius 3 is 1.94 bits per heavy atom. The van der Waals surface area contributed by atoms with Gasteiger partial charge in [-0.1, -0.05) is 86.1 Å². The number of nitrogens with zero attached hydrogens (tertiary/aromatic N) is 1. The number of benzene rings is 3. The van der Waals surface area contributed by atoms with Crippen LogP contribution in [0.2, 0.25) is 5.02 Å². The second-order valence-electron chi connectivity index (χ2n) is 8.04. The molecular weight excluding hydrogens is 500 g/mol. The third-order valence-electron chi connectivity index (χ3n) is 5.71.